The highest BCUT2D eigenvalue weighted by molar-refractivity contribution is 7.19. The van der Waals surface area contributed by atoms with Crippen LogP contribution in [0.15, 0.2) is 12.5 Å². The standard InChI is InChI=1S/C28H36N6OS/c1-15(2)22-23-18(5)25(19-8-11-33(12-9-19)28(35)21-7-6-10-29-21)36-27(23)32-24(22)20-13-34-26(30-14-31-34)17(4)16(20)3/h13-15,19,21,29,32H,6-12H2,1-5H3/t21-/m0/s1. The summed E-state index contributed by atoms with van der Waals surface area (Å²) < 4.78 is 1.89. The van der Waals surface area contributed by atoms with Gasteiger partial charge in [-0.05, 0) is 87.1 Å². The second kappa shape index (κ2) is 8.99. The maximum atomic E-state index is 12.9. The van der Waals surface area contributed by atoms with Crippen LogP contribution in [0.1, 0.15) is 78.5 Å². The highest BCUT2D eigenvalue weighted by Crippen LogP contribution is 2.46. The summed E-state index contributed by atoms with van der Waals surface area (Å²) in [5.74, 6) is 1.22. The van der Waals surface area contributed by atoms with Gasteiger partial charge in [-0.15, -0.1) is 11.3 Å². The molecule has 2 N–H and O–H groups in total. The second-order valence-corrected chi connectivity index (χ2v) is 12.0. The molecule has 0 radical (unpaired) electrons. The molecule has 0 spiro atoms. The van der Waals surface area contributed by atoms with E-state index in [0.29, 0.717) is 17.7 Å². The van der Waals surface area contributed by atoms with Crippen LogP contribution in [0.25, 0.3) is 27.1 Å². The van der Waals surface area contributed by atoms with Crippen molar-refractivity contribution in [3.8, 4) is 11.3 Å². The van der Waals surface area contributed by atoms with E-state index in [0.717, 1.165) is 51.0 Å². The number of carbonyl (C=O) groups excluding carboxylic acids is 1. The minimum absolute atomic E-state index is 0.0408. The Labute approximate surface area is 216 Å². The number of rotatable bonds is 4. The number of thiophene rings is 1. The summed E-state index contributed by atoms with van der Waals surface area (Å²) in [5.41, 5.74) is 8.56. The lowest BCUT2D eigenvalue weighted by Crippen LogP contribution is -2.46. The fourth-order valence-electron chi connectivity index (χ4n) is 6.36. The van der Waals surface area contributed by atoms with Crippen molar-refractivity contribution in [2.24, 2.45) is 0 Å². The van der Waals surface area contributed by atoms with E-state index in [1.165, 1.54) is 48.6 Å². The molecular weight excluding hydrogens is 468 g/mol. The number of pyridine rings is 1. The van der Waals surface area contributed by atoms with Crippen LogP contribution in [-0.2, 0) is 4.79 Å². The summed E-state index contributed by atoms with van der Waals surface area (Å²) in [6, 6.07) is 0.0408. The fourth-order valence-corrected chi connectivity index (χ4v) is 7.76. The smallest absolute Gasteiger partial charge is 0.239 e. The average molecular weight is 505 g/mol. The van der Waals surface area contributed by atoms with Gasteiger partial charge in [0, 0.05) is 35.1 Å². The van der Waals surface area contributed by atoms with E-state index in [9.17, 15) is 4.79 Å². The maximum Gasteiger partial charge on any atom is 0.239 e. The van der Waals surface area contributed by atoms with Gasteiger partial charge in [-0.3, -0.25) is 4.79 Å². The number of fused-ring (bicyclic) bond motifs is 2. The Morgan fingerprint density at radius 3 is 2.58 bits per heavy atom. The van der Waals surface area contributed by atoms with Gasteiger partial charge in [0.15, 0.2) is 5.65 Å². The molecule has 0 aliphatic carbocycles. The number of hydrogen-bond acceptors (Lipinski definition) is 5. The average Bonchev–Trinajstić information content (AvgIpc) is 3.66. The predicted molar refractivity (Wildman–Crippen MR) is 146 cm³/mol. The molecule has 4 aromatic heterocycles. The van der Waals surface area contributed by atoms with Gasteiger partial charge >= 0.3 is 0 Å². The molecule has 0 bridgehead atoms. The molecule has 2 aliphatic heterocycles. The molecule has 7 nitrogen and oxygen atoms in total. The SMILES string of the molecule is Cc1c(-c2[nH]c3sc(C4CCN(C(=O)[C@@H]5CCCN5)CC4)c(C)c3c2C(C)C)cn2ncnc2c1C. The van der Waals surface area contributed by atoms with E-state index in [-0.39, 0.29) is 6.04 Å². The lowest BCUT2D eigenvalue weighted by atomic mass is 9.89. The molecule has 6 heterocycles. The van der Waals surface area contributed by atoms with Crippen LogP contribution >= 0.6 is 11.3 Å². The number of aromatic amines is 1. The van der Waals surface area contributed by atoms with Crippen molar-refractivity contribution >= 4 is 33.1 Å². The van der Waals surface area contributed by atoms with Gasteiger partial charge in [-0.1, -0.05) is 13.8 Å². The molecule has 0 saturated carbocycles. The van der Waals surface area contributed by atoms with Gasteiger partial charge in [0.05, 0.1) is 11.7 Å². The first kappa shape index (κ1) is 23.7. The molecule has 2 aliphatic rings. The van der Waals surface area contributed by atoms with Crippen molar-refractivity contribution in [2.45, 2.75) is 78.2 Å². The quantitative estimate of drug-likeness (QED) is 0.388. The van der Waals surface area contributed by atoms with Crippen LogP contribution in [0.4, 0.5) is 0 Å². The third kappa shape index (κ3) is 3.68. The predicted octanol–water partition coefficient (Wildman–Crippen LogP) is 5.45. The van der Waals surface area contributed by atoms with E-state index in [4.69, 9.17) is 0 Å². The molecule has 2 fully saturated rings. The van der Waals surface area contributed by atoms with Crippen molar-refractivity contribution < 1.29 is 4.79 Å². The van der Waals surface area contributed by atoms with E-state index >= 15 is 0 Å². The van der Waals surface area contributed by atoms with Crippen LogP contribution in [0.3, 0.4) is 0 Å². The molecule has 0 aromatic carbocycles. The van der Waals surface area contributed by atoms with Crippen LogP contribution in [0, 0.1) is 20.8 Å². The monoisotopic (exact) mass is 504 g/mol. The summed E-state index contributed by atoms with van der Waals surface area (Å²) in [6.45, 7) is 13.9. The minimum Gasteiger partial charge on any atom is -0.346 e. The number of likely N-dealkylation sites (tertiary alicyclic amines) is 1. The number of carbonyl (C=O) groups is 1. The lowest BCUT2D eigenvalue weighted by molar-refractivity contribution is -0.134. The molecule has 4 aromatic rings. The zero-order valence-electron chi connectivity index (χ0n) is 21.9. The molecule has 2 saturated heterocycles. The van der Waals surface area contributed by atoms with Crippen molar-refractivity contribution in [2.75, 3.05) is 19.6 Å². The first-order valence-corrected chi connectivity index (χ1v) is 14.1. The summed E-state index contributed by atoms with van der Waals surface area (Å²) in [6.07, 6.45) is 7.94. The molecule has 190 valence electrons. The van der Waals surface area contributed by atoms with Gasteiger partial charge in [0.2, 0.25) is 5.91 Å². The van der Waals surface area contributed by atoms with Gasteiger partial charge in [0.25, 0.3) is 0 Å². The van der Waals surface area contributed by atoms with E-state index in [1.54, 1.807) is 6.33 Å². The van der Waals surface area contributed by atoms with Gasteiger partial charge in [0.1, 0.15) is 11.2 Å². The Bertz CT molecular complexity index is 1450. The highest BCUT2D eigenvalue weighted by atomic mass is 32.1. The normalized spacial score (nSPS) is 19.4. The van der Waals surface area contributed by atoms with E-state index < -0.39 is 0 Å². The Hall–Kier alpha value is -2.71. The lowest BCUT2D eigenvalue weighted by Gasteiger charge is -2.33. The zero-order chi connectivity index (χ0) is 25.1. The number of nitrogens with zero attached hydrogens (tertiary/aromatic N) is 4. The van der Waals surface area contributed by atoms with Crippen LogP contribution in [0.5, 0.6) is 0 Å². The Morgan fingerprint density at radius 1 is 1.11 bits per heavy atom. The number of hydrogen-bond donors (Lipinski definition) is 2. The van der Waals surface area contributed by atoms with Crippen molar-refractivity contribution in [3.63, 3.8) is 0 Å². The third-order valence-corrected chi connectivity index (χ3v) is 9.84. The molecule has 8 heteroatoms. The first-order valence-electron chi connectivity index (χ1n) is 13.3. The second-order valence-electron chi connectivity index (χ2n) is 10.9. The van der Waals surface area contributed by atoms with Crippen LogP contribution in [0.2, 0.25) is 0 Å². The topological polar surface area (TPSA) is 78.3 Å². The van der Waals surface area contributed by atoms with Gasteiger partial charge in [-0.2, -0.15) is 5.10 Å². The minimum atomic E-state index is 0.0408. The van der Waals surface area contributed by atoms with E-state index in [2.05, 4.69) is 66.1 Å². The molecule has 36 heavy (non-hydrogen) atoms. The summed E-state index contributed by atoms with van der Waals surface area (Å²) in [4.78, 5) is 26.0. The Balaban J connectivity index is 1.33. The van der Waals surface area contributed by atoms with Crippen LogP contribution in [-0.4, -0.2) is 56.1 Å². The van der Waals surface area contributed by atoms with Crippen molar-refractivity contribution in [3.05, 3.63) is 39.7 Å². The Kier molecular flexibility index (Phi) is 5.91. The van der Waals surface area contributed by atoms with Crippen molar-refractivity contribution in [1.82, 2.24) is 29.8 Å². The Morgan fingerprint density at radius 2 is 1.89 bits per heavy atom. The summed E-state index contributed by atoms with van der Waals surface area (Å²) in [5, 5.41) is 9.18. The molecule has 0 unspecified atom stereocenters. The first-order chi connectivity index (χ1) is 17.3. The number of piperidine rings is 1. The molecular formula is C28H36N6OS. The van der Waals surface area contributed by atoms with Crippen molar-refractivity contribution in [1.29, 1.82) is 0 Å². The number of H-pyrrole nitrogens is 1. The number of nitrogens with one attached hydrogen (secondary N) is 2. The number of amides is 1. The van der Waals surface area contributed by atoms with Gasteiger partial charge in [-0.25, -0.2) is 9.50 Å². The van der Waals surface area contributed by atoms with Crippen LogP contribution < -0.4 is 5.32 Å². The number of aryl methyl sites for hydroxylation is 2. The largest absolute Gasteiger partial charge is 0.346 e. The fraction of sp³-hybridized carbons (Fsp3) is 0.536. The van der Waals surface area contributed by atoms with Gasteiger partial charge < -0.3 is 15.2 Å². The number of aromatic nitrogens is 4. The molecule has 6 rings (SSSR count). The molecule has 1 atom stereocenters. The molecule has 1 amide bonds. The third-order valence-electron chi connectivity index (χ3n) is 8.47. The maximum absolute atomic E-state index is 12.9. The summed E-state index contributed by atoms with van der Waals surface area (Å²) in [7, 11) is 0. The zero-order valence-corrected chi connectivity index (χ0v) is 22.8. The highest BCUT2D eigenvalue weighted by Gasteiger charge is 2.32. The summed E-state index contributed by atoms with van der Waals surface area (Å²) >= 11 is 1.92. The van der Waals surface area contributed by atoms with E-state index in [1.807, 2.05) is 15.9 Å².